The number of aryl methyl sites for hydroxylation is 1. The van der Waals surface area contributed by atoms with E-state index in [9.17, 15) is 9.59 Å². The third-order valence-electron chi connectivity index (χ3n) is 3.86. The Morgan fingerprint density at radius 2 is 1.64 bits per heavy atom. The van der Waals surface area contributed by atoms with Gasteiger partial charge in [0.05, 0.1) is 23.7 Å². The van der Waals surface area contributed by atoms with Gasteiger partial charge in [-0.15, -0.1) is 11.3 Å². The summed E-state index contributed by atoms with van der Waals surface area (Å²) in [6, 6.07) is 14.0. The molecule has 3 aromatic rings. The fourth-order valence-electron chi connectivity index (χ4n) is 2.57. The van der Waals surface area contributed by atoms with Gasteiger partial charge in [0.1, 0.15) is 5.75 Å². The largest absolute Gasteiger partial charge is 0.494 e. The van der Waals surface area contributed by atoms with E-state index in [2.05, 4.69) is 15.6 Å². The average molecular weight is 395 g/mol. The number of ether oxygens (including phenoxy) is 1. The molecule has 2 aromatic carbocycles. The van der Waals surface area contributed by atoms with Crippen LogP contribution in [0.15, 0.2) is 53.9 Å². The van der Waals surface area contributed by atoms with Crippen LogP contribution in [0.25, 0.3) is 0 Å². The summed E-state index contributed by atoms with van der Waals surface area (Å²) in [5.74, 6) is 0.394. The van der Waals surface area contributed by atoms with Gasteiger partial charge in [-0.1, -0.05) is 0 Å². The molecule has 0 bridgehead atoms. The van der Waals surface area contributed by atoms with Gasteiger partial charge < -0.3 is 15.4 Å². The molecule has 1 heterocycles. The highest BCUT2D eigenvalue weighted by atomic mass is 32.1. The molecule has 0 atom stereocenters. The van der Waals surface area contributed by atoms with E-state index in [0.29, 0.717) is 23.5 Å². The molecule has 0 radical (unpaired) electrons. The third-order valence-corrected chi connectivity index (χ3v) is 4.68. The molecule has 7 heteroatoms. The molecule has 2 N–H and O–H groups in total. The zero-order chi connectivity index (χ0) is 19.9. The highest BCUT2D eigenvalue weighted by molar-refractivity contribution is 7.09. The summed E-state index contributed by atoms with van der Waals surface area (Å²) in [7, 11) is 0. The number of carbonyl (C=O) groups excluding carboxylic acids is 2. The molecule has 0 aliphatic rings. The molecule has 28 heavy (non-hydrogen) atoms. The van der Waals surface area contributed by atoms with Crippen molar-refractivity contribution in [3.05, 3.63) is 70.2 Å². The molecule has 0 spiro atoms. The molecule has 0 saturated heterocycles. The number of hydrogen-bond acceptors (Lipinski definition) is 5. The van der Waals surface area contributed by atoms with Gasteiger partial charge in [-0.25, -0.2) is 4.98 Å². The lowest BCUT2D eigenvalue weighted by Crippen LogP contribution is -2.15. The van der Waals surface area contributed by atoms with Crippen molar-refractivity contribution in [1.82, 2.24) is 4.98 Å². The lowest BCUT2D eigenvalue weighted by molar-refractivity contribution is -0.115. The van der Waals surface area contributed by atoms with Crippen molar-refractivity contribution in [3.63, 3.8) is 0 Å². The van der Waals surface area contributed by atoms with Crippen molar-refractivity contribution >= 4 is 34.5 Å². The number of nitrogens with zero attached hydrogens (tertiary/aromatic N) is 1. The topological polar surface area (TPSA) is 80.3 Å². The lowest BCUT2D eigenvalue weighted by Gasteiger charge is -2.08. The van der Waals surface area contributed by atoms with Crippen LogP contribution in [0.4, 0.5) is 11.4 Å². The Kier molecular flexibility index (Phi) is 6.39. The van der Waals surface area contributed by atoms with Gasteiger partial charge in [0, 0.05) is 22.3 Å². The highest BCUT2D eigenvalue weighted by Crippen LogP contribution is 2.17. The number of amides is 2. The van der Waals surface area contributed by atoms with Gasteiger partial charge in [-0.3, -0.25) is 9.59 Å². The van der Waals surface area contributed by atoms with Crippen LogP contribution in [0.2, 0.25) is 0 Å². The smallest absolute Gasteiger partial charge is 0.255 e. The molecule has 0 aliphatic carbocycles. The minimum Gasteiger partial charge on any atom is -0.494 e. The van der Waals surface area contributed by atoms with Gasteiger partial charge in [0.2, 0.25) is 5.91 Å². The van der Waals surface area contributed by atoms with E-state index in [1.165, 1.54) is 11.3 Å². The van der Waals surface area contributed by atoms with Crippen molar-refractivity contribution in [2.45, 2.75) is 20.3 Å². The lowest BCUT2D eigenvalue weighted by atomic mass is 10.2. The summed E-state index contributed by atoms with van der Waals surface area (Å²) in [5.41, 5.74) is 2.58. The Bertz CT molecular complexity index is 950. The third kappa shape index (κ3) is 5.40. The summed E-state index contributed by atoms with van der Waals surface area (Å²) in [4.78, 5) is 28.7. The van der Waals surface area contributed by atoms with Crippen LogP contribution in [-0.2, 0) is 11.2 Å². The molecular weight excluding hydrogens is 374 g/mol. The second-order valence-corrected chi connectivity index (χ2v) is 7.13. The first kappa shape index (κ1) is 19.6. The van der Waals surface area contributed by atoms with Crippen LogP contribution in [0.1, 0.15) is 28.0 Å². The first-order valence-corrected chi connectivity index (χ1v) is 9.76. The van der Waals surface area contributed by atoms with E-state index in [0.717, 1.165) is 16.5 Å². The first-order chi connectivity index (χ1) is 13.5. The van der Waals surface area contributed by atoms with Gasteiger partial charge >= 0.3 is 0 Å². The number of nitrogens with one attached hydrogen (secondary N) is 2. The Morgan fingerprint density at radius 1 is 1.00 bits per heavy atom. The maximum atomic E-state index is 12.4. The van der Waals surface area contributed by atoms with E-state index >= 15 is 0 Å². The van der Waals surface area contributed by atoms with Crippen molar-refractivity contribution in [2.75, 3.05) is 17.2 Å². The average Bonchev–Trinajstić information content (AvgIpc) is 3.08. The number of benzene rings is 2. The summed E-state index contributed by atoms with van der Waals surface area (Å²) in [5, 5.41) is 8.46. The molecule has 0 saturated carbocycles. The Morgan fingerprint density at radius 3 is 2.25 bits per heavy atom. The Labute approximate surface area is 167 Å². The van der Waals surface area contributed by atoms with Crippen LogP contribution in [0.5, 0.6) is 5.75 Å². The zero-order valence-corrected chi connectivity index (χ0v) is 16.5. The SMILES string of the molecule is CCOc1ccc(NC(=O)c2ccc(NC(=O)Cc3csc(C)n3)cc2)cc1. The van der Waals surface area contributed by atoms with Crippen molar-refractivity contribution in [2.24, 2.45) is 0 Å². The first-order valence-electron chi connectivity index (χ1n) is 8.88. The standard InChI is InChI=1S/C21H21N3O3S/c1-3-27-19-10-8-17(9-11-19)24-21(26)15-4-6-16(7-5-15)23-20(25)12-18-13-28-14(2)22-18/h4-11,13H,3,12H2,1-2H3,(H,23,25)(H,24,26). The normalized spacial score (nSPS) is 10.4. The van der Waals surface area contributed by atoms with Crippen LogP contribution in [-0.4, -0.2) is 23.4 Å². The Hall–Kier alpha value is -3.19. The second-order valence-electron chi connectivity index (χ2n) is 6.07. The van der Waals surface area contributed by atoms with E-state index in [-0.39, 0.29) is 18.2 Å². The summed E-state index contributed by atoms with van der Waals surface area (Å²) < 4.78 is 5.38. The van der Waals surface area contributed by atoms with Crippen LogP contribution >= 0.6 is 11.3 Å². The fourth-order valence-corrected chi connectivity index (χ4v) is 3.18. The number of rotatable bonds is 7. The van der Waals surface area contributed by atoms with E-state index < -0.39 is 0 Å². The maximum absolute atomic E-state index is 12.4. The van der Waals surface area contributed by atoms with E-state index in [1.54, 1.807) is 36.4 Å². The van der Waals surface area contributed by atoms with Crippen LogP contribution in [0, 0.1) is 6.92 Å². The van der Waals surface area contributed by atoms with Gasteiger partial charge in [-0.2, -0.15) is 0 Å². The summed E-state index contributed by atoms with van der Waals surface area (Å²) in [6.07, 6.45) is 0.227. The molecule has 0 fully saturated rings. The number of aromatic nitrogens is 1. The molecule has 0 aliphatic heterocycles. The molecule has 6 nitrogen and oxygen atoms in total. The van der Waals surface area contributed by atoms with Crippen LogP contribution < -0.4 is 15.4 Å². The van der Waals surface area contributed by atoms with E-state index in [1.807, 2.05) is 31.4 Å². The second kappa shape index (κ2) is 9.14. The van der Waals surface area contributed by atoms with Crippen LogP contribution in [0.3, 0.4) is 0 Å². The molecule has 144 valence electrons. The Balaban J connectivity index is 1.55. The van der Waals surface area contributed by atoms with Crippen molar-refractivity contribution in [1.29, 1.82) is 0 Å². The quantitative estimate of drug-likeness (QED) is 0.626. The van der Waals surface area contributed by atoms with Gasteiger partial charge in [0.25, 0.3) is 5.91 Å². The summed E-state index contributed by atoms with van der Waals surface area (Å²) in [6.45, 7) is 4.42. The number of hydrogen-bond donors (Lipinski definition) is 2. The minimum atomic E-state index is -0.222. The molecule has 0 unspecified atom stereocenters. The van der Waals surface area contributed by atoms with Crippen molar-refractivity contribution < 1.29 is 14.3 Å². The molecular formula is C21H21N3O3S. The molecule has 3 rings (SSSR count). The van der Waals surface area contributed by atoms with Crippen molar-refractivity contribution in [3.8, 4) is 5.75 Å². The van der Waals surface area contributed by atoms with E-state index in [4.69, 9.17) is 4.74 Å². The molecule has 1 aromatic heterocycles. The maximum Gasteiger partial charge on any atom is 0.255 e. The number of carbonyl (C=O) groups is 2. The predicted molar refractivity (Wildman–Crippen MR) is 111 cm³/mol. The molecule has 2 amide bonds. The predicted octanol–water partition coefficient (Wildman–Crippen LogP) is 4.28. The highest BCUT2D eigenvalue weighted by Gasteiger charge is 2.09. The zero-order valence-electron chi connectivity index (χ0n) is 15.7. The number of thiazole rings is 1. The minimum absolute atomic E-state index is 0.142. The monoisotopic (exact) mass is 395 g/mol. The van der Waals surface area contributed by atoms with Gasteiger partial charge in [-0.05, 0) is 62.4 Å². The van der Waals surface area contributed by atoms with Gasteiger partial charge in [0.15, 0.2) is 0 Å². The summed E-state index contributed by atoms with van der Waals surface area (Å²) >= 11 is 1.52. The fraction of sp³-hybridized carbons (Fsp3) is 0.190. The number of anilines is 2.